The van der Waals surface area contributed by atoms with Crippen LogP contribution in [0.15, 0.2) is 4.52 Å². The number of rotatable bonds is 45. The zero-order valence-electron chi connectivity index (χ0n) is 39.2. The van der Waals surface area contributed by atoms with Crippen molar-refractivity contribution in [3.8, 4) is 0 Å². The highest BCUT2D eigenvalue weighted by Crippen LogP contribution is 2.19. The van der Waals surface area contributed by atoms with E-state index in [2.05, 4.69) is 48.1 Å². The Morgan fingerprint density at radius 3 is 1.37 bits per heavy atom. The first-order chi connectivity index (χ1) is 28.9. The van der Waals surface area contributed by atoms with Crippen LogP contribution in [0.5, 0.6) is 0 Å². The Morgan fingerprint density at radius 2 is 0.932 bits per heavy atom. The third kappa shape index (κ3) is 35.0. The van der Waals surface area contributed by atoms with Gasteiger partial charge in [0.25, 0.3) is 5.95 Å². The van der Waals surface area contributed by atoms with Crippen LogP contribution in [0.1, 0.15) is 252 Å². The van der Waals surface area contributed by atoms with Gasteiger partial charge in [-0.3, -0.25) is 9.59 Å². The van der Waals surface area contributed by atoms with Crippen molar-refractivity contribution < 1.29 is 23.6 Å². The summed E-state index contributed by atoms with van der Waals surface area (Å²) in [6.07, 6.45) is 40.2. The van der Waals surface area contributed by atoms with Gasteiger partial charge in [0.1, 0.15) is 12.2 Å². The smallest absolute Gasteiger partial charge is 0.320 e. The second-order valence-corrected chi connectivity index (χ2v) is 17.4. The van der Waals surface area contributed by atoms with Gasteiger partial charge < -0.3 is 29.9 Å². The molecular weight excluding hydrogens is 739 g/mol. The first-order valence-electron chi connectivity index (χ1n) is 25.4. The monoisotopic (exact) mass is 834 g/mol. The fourth-order valence-electron chi connectivity index (χ4n) is 7.97. The Bertz CT molecular complexity index is 1060. The summed E-state index contributed by atoms with van der Waals surface area (Å²) in [4.78, 5) is 32.0. The Labute approximate surface area is 363 Å². The van der Waals surface area contributed by atoms with Gasteiger partial charge in [0.2, 0.25) is 0 Å². The van der Waals surface area contributed by atoms with Crippen molar-refractivity contribution in [2.45, 2.75) is 265 Å². The molecule has 3 N–H and O–H groups in total. The molecule has 10 nitrogen and oxygen atoms in total. The molecule has 0 radical (unpaired) electrons. The normalized spacial score (nSPS) is 12.1. The maximum atomic E-state index is 12.8. The summed E-state index contributed by atoms with van der Waals surface area (Å²) >= 11 is 0. The van der Waals surface area contributed by atoms with Crippen molar-refractivity contribution in [2.24, 2.45) is 0 Å². The van der Waals surface area contributed by atoms with Crippen LogP contribution in [0.2, 0.25) is 0 Å². The van der Waals surface area contributed by atoms with Crippen LogP contribution in [0.25, 0.3) is 0 Å². The van der Waals surface area contributed by atoms with Gasteiger partial charge in [0.15, 0.2) is 0 Å². The standard InChI is InChI=1S/C49H95N5O5/c1-5-9-12-15-20-27-35-44(8-4)57-46(55)38-30-23-18-25-32-41-54(43-34-40-51-49-52-48(50)59-53-49)42-33-26-19-24-31-39-47(56)58-45(36-28-21-16-13-10-6-2)37-29-22-17-14-11-7-3/h44-45H,5-43H2,1-4H3,(H3,50,51,52,53). The second kappa shape index (κ2) is 41.0. The molecule has 0 aliphatic carbocycles. The minimum Gasteiger partial charge on any atom is -0.462 e. The molecule has 0 aliphatic rings. The summed E-state index contributed by atoms with van der Waals surface area (Å²) in [6.45, 7) is 12.8. The number of esters is 2. The quantitative estimate of drug-likeness (QED) is 0.0483. The summed E-state index contributed by atoms with van der Waals surface area (Å²) in [7, 11) is 0. The van der Waals surface area contributed by atoms with Gasteiger partial charge in [-0.05, 0) is 102 Å². The molecule has 59 heavy (non-hydrogen) atoms. The molecule has 0 aromatic carbocycles. The van der Waals surface area contributed by atoms with E-state index < -0.39 is 0 Å². The number of nitrogens with two attached hydrogens (primary N) is 1. The number of carbonyl (C=O) groups excluding carboxylic acids is 2. The minimum atomic E-state index is -0.0164. The lowest BCUT2D eigenvalue weighted by atomic mass is 10.0. The van der Waals surface area contributed by atoms with Crippen molar-refractivity contribution in [3.05, 3.63) is 0 Å². The summed E-state index contributed by atoms with van der Waals surface area (Å²) in [5.74, 6) is 0.437. The Balaban J connectivity index is 2.34. The van der Waals surface area contributed by atoms with Gasteiger partial charge >= 0.3 is 18.0 Å². The SMILES string of the molecule is CCCCCCCCC(CC)OC(=O)CCCCCCCN(CCCCCCCC(=O)OC(CCCCCCCC)CCCCCCCC)CCCNc1noc(N)n1. The highest BCUT2D eigenvalue weighted by molar-refractivity contribution is 5.69. The van der Waals surface area contributed by atoms with Crippen LogP contribution in [-0.4, -0.2) is 65.4 Å². The molecule has 0 saturated carbocycles. The molecule has 0 amide bonds. The molecule has 1 atom stereocenters. The fraction of sp³-hybridized carbons (Fsp3) is 0.918. The zero-order valence-corrected chi connectivity index (χ0v) is 39.2. The molecule has 0 aliphatic heterocycles. The van der Waals surface area contributed by atoms with Crippen molar-refractivity contribution in [2.75, 3.05) is 37.2 Å². The van der Waals surface area contributed by atoms with Crippen LogP contribution in [0, 0.1) is 0 Å². The molecule has 1 aromatic rings. The number of ether oxygens (including phenoxy) is 2. The van der Waals surface area contributed by atoms with E-state index in [9.17, 15) is 9.59 Å². The number of hydrogen-bond donors (Lipinski definition) is 2. The van der Waals surface area contributed by atoms with Crippen molar-refractivity contribution in [1.29, 1.82) is 0 Å². The predicted octanol–water partition coefficient (Wildman–Crippen LogP) is 13.9. The number of anilines is 2. The third-order valence-electron chi connectivity index (χ3n) is 11.8. The van der Waals surface area contributed by atoms with Crippen LogP contribution < -0.4 is 11.1 Å². The van der Waals surface area contributed by atoms with E-state index >= 15 is 0 Å². The molecule has 0 bridgehead atoms. The summed E-state index contributed by atoms with van der Waals surface area (Å²) in [6, 6.07) is 0.0766. The highest BCUT2D eigenvalue weighted by Gasteiger charge is 2.15. The van der Waals surface area contributed by atoms with E-state index in [1.807, 2.05) is 0 Å². The molecule has 0 saturated heterocycles. The van der Waals surface area contributed by atoms with E-state index in [4.69, 9.17) is 19.7 Å². The van der Waals surface area contributed by atoms with Crippen LogP contribution >= 0.6 is 0 Å². The van der Waals surface area contributed by atoms with E-state index in [-0.39, 0.29) is 30.2 Å². The predicted molar refractivity (Wildman–Crippen MR) is 248 cm³/mol. The first-order valence-corrected chi connectivity index (χ1v) is 25.4. The van der Waals surface area contributed by atoms with Crippen LogP contribution in [0.4, 0.5) is 12.0 Å². The Hall–Kier alpha value is -2.36. The summed E-state index contributed by atoms with van der Waals surface area (Å²) < 4.78 is 16.8. The van der Waals surface area contributed by atoms with Gasteiger partial charge in [-0.15, -0.1) is 0 Å². The summed E-state index contributed by atoms with van der Waals surface area (Å²) in [5, 5.41) is 7.04. The largest absolute Gasteiger partial charge is 0.462 e. The van der Waals surface area contributed by atoms with Gasteiger partial charge in [0.05, 0.1) is 0 Å². The highest BCUT2D eigenvalue weighted by atomic mass is 16.5. The molecule has 1 rings (SSSR count). The van der Waals surface area contributed by atoms with E-state index in [1.54, 1.807) is 0 Å². The summed E-state index contributed by atoms with van der Waals surface area (Å²) in [5.41, 5.74) is 5.56. The lowest BCUT2D eigenvalue weighted by Gasteiger charge is -2.22. The van der Waals surface area contributed by atoms with Crippen molar-refractivity contribution >= 4 is 23.9 Å². The van der Waals surface area contributed by atoms with E-state index in [0.29, 0.717) is 18.8 Å². The van der Waals surface area contributed by atoms with E-state index in [1.165, 1.54) is 122 Å². The lowest BCUT2D eigenvalue weighted by Crippen LogP contribution is -2.28. The number of hydrogen-bond acceptors (Lipinski definition) is 10. The molecule has 0 spiro atoms. The van der Waals surface area contributed by atoms with Crippen LogP contribution in [-0.2, 0) is 19.1 Å². The minimum absolute atomic E-state index is 0.0131. The van der Waals surface area contributed by atoms with Gasteiger partial charge in [0, 0.05) is 19.4 Å². The van der Waals surface area contributed by atoms with Crippen molar-refractivity contribution in [1.82, 2.24) is 15.0 Å². The molecular formula is C49H95N5O5. The van der Waals surface area contributed by atoms with E-state index in [0.717, 1.165) is 116 Å². The average Bonchev–Trinajstić information content (AvgIpc) is 3.65. The lowest BCUT2D eigenvalue weighted by molar-refractivity contribution is -0.150. The van der Waals surface area contributed by atoms with Crippen molar-refractivity contribution in [3.63, 3.8) is 0 Å². The number of nitrogen functional groups attached to an aromatic ring is 1. The van der Waals surface area contributed by atoms with Crippen LogP contribution in [0.3, 0.4) is 0 Å². The zero-order chi connectivity index (χ0) is 42.9. The molecule has 1 aromatic heterocycles. The van der Waals surface area contributed by atoms with Gasteiger partial charge in [-0.25, -0.2) is 0 Å². The maximum Gasteiger partial charge on any atom is 0.320 e. The topological polar surface area (TPSA) is 133 Å². The first kappa shape index (κ1) is 54.7. The molecule has 346 valence electrons. The fourth-order valence-corrected chi connectivity index (χ4v) is 7.97. The number of carbonyl (C=O) groups is 2. The number of nitrogens with zero attached hydrogens (tertiary/aromatic N) is 3. The molecule has 1 unspecified atom stereocenters. The Kier molecular flexibility index (Phi) is 38.0. The van der Waals surface area contributed by atoms with Gasteiger partial charge in [-0.2, -0.15) is 4.98 Å². The van der Waals surface area contributed by atoms with Gasteiger partial charge in [-0.1, -0.05) is 163 Å². The molecule has 0 fully saturated rings. The third-order valence-corrected chi connectivity index (χ3v) is 11.8. The average molecular weight is 834 g/mol. The molecule has 1 heterocycles. The second-order valence-electron chi connectivity index (χ2n) is 17.4. The maximum absolute atomic E-state index is 12.8. The number of unbranched alkanes of at least 4 members (excludes halogenated alkanes) is 23. The number of nitrogens with one attached hydrogen (secondary N) is 1. The Morgan fingerprint density at radius 1 is 0.542 bits per heavy atom. The molecule has 10 heteroatoms. The number of aromatic nitrogens is 2.